The third-order valence-electron chi connectivity index (χ3n) is 5.37. The molecule has 0 atom stereocenters. The molecule has 0 saturated heterocycles. The van der Waals surface area contributed by atoms with Crippen molar-refractivity contribution in [1.82, 2.24) is 9.80 Å². The Morgan fingerprint density at radius 1 is 0.846 bits per heavy atom. The van der Waals surface area contributed by atoms with E-state index in [4.69, 9.17) is 0 Å². The van der Waals surface area contributed by atoms with Gasteiger partial charge in [0.25, 0.3) is 0 Å². The normalized spacial score (nSPS) is 17.5. The number of ketones is 2. The van der Waals surface area contributed by atoms with Gasteiger partial charge < -0.3 is 4.90 Å². The summed E-state index contributed by atoms with van der Waals surface area (Å²) < 4.78 is 0. The van der Waals surface area contributed by atoms with Crippen LogP contribution in [0.25, 0.3) is 0 Å². The Balaban J connectivity index is 1.89. The highest BCUT2D eigenvalue weighted by molar-refractivity contribution is 6.26. The number of Topliss-reactive ketones (excluding diaryl/α,β-unsaturated/α-hetero) is 2. The van der Waals surface area contributed by atoms with Gasteiger partial charge in [-0.3, -0.25) is 14.5 Å². The molecule has 0 spiro atoms. The molecule has 0 bridgehead atoms. The van der Waals surface area contributed by atoms with Crippen molar-refractivity contribution in [1.29, 1.82) is 0 Å². The Labute approximate surface area is 156 Å². The first-order valence-electron chi connectivity index (χ1n) is 10.1. The van der Waals surface area contributed by atoms with Gasteiger partial charge in [-0.2, -0.15) is 0 Å². The van der Waals surface area contributed by atoms with Gasteiger partial charge in [-0.05, 0) is 12.8 Å². The average Bonchev–Trinajstić information content (AvgIpc) is 2.66. The lowest BCUT2D eigenvalue weighted by atomic mass is 9.85. The van der Waals surface area contributed by atoms with E-state index in [1.807, 2.05) is 12.1 Å². The summed E-state index contributed by atoms with van der Waals surface area (Å²) in [7, 11) is 0. The number of rotatable bonds is 8. The second-order valence-corrected chi connectivity index (χ2v) is 7.40. The monoisotopic (exact) mass is 354 g/mol. The Hall–Kier alpha value is -1.94. The van der Waals surface area contributed by atoms with Gasteiger partial charge >= 0.3 is 0 Å². The van der Waals surface area contributed by atoms with E-state index in [1.54, 1.807) is 12.1 Å². The maximum absolute atomic E-state index is 13.1. The van der Waals surface area contributed by atoms with Crippen LogP contribution in [0, 0.1) is 0 Å². The van der Waals surface area contributed by atoms with Gasteiger partial charge in [-0.15, -0.1) is 0 Å². The Kier molecular flexibility index (Phi) is 6.25. The fraction of sp³-hybridized carbons (Fsp3) is 0.545. The van der Waals surface area contributed by atoms with Crippen molar-refractivity contribution in [2.24, 2.45) is 0 Å². The Morgan fingerprint density at radius 3 is 2.12 bits per heavy atom. The molecule has 0 saturated carbocycles. The topological polar surface area (TPSA) is 40.6 Å². The molecule has 2 aliphatic rings. The van der Waals surface area contributed by atoms with Crippen LogP contribution >= 0.6 is 0 Å². The molecular weight excluding hydrogens is 324 g/mol. The van der Waals surface area contributed by atoms with Crippen LogP contribution in [0.4, 0.5) is 0 Å². The van der Waals surface area contributed by atoms with Crippen LogP contribution in [0.5, 0.6) is 0 Å². The van der Waals surface area contributed by atoms with Crippen molar-refractivity contribution in [3.8, 4) is 0 Å². The molecule has 0 unspecified atom stereocenters. The van der Waals surface area contributed by atoms with Crippen LogP contribution in [-0.4, -0.2) is 47.7 Å². The second-order valence-electron chi connectivity index (χ2n) is 7.40. The molecule has 1 aromatic rings. The van der Waals surface area contributed by atoms with Crippen LogP contribution < -0.4 is 0 Å². The van der Waals surface area contributed by atoms with E-state index >= 15 is 0 Å². The number of unbranched alkanes of at least 4 members (excludes halogenated alkanes) is 4. The van der Waals surface area contributed by atoms with Gasteiger partial charge in [0.1, 0.15) is 0 Å². The molecule has 140 valence electrons. The fourth-order valence-electron chi connectivity index (χ4n) is 3.95. The van der Waals surface area contributed by atoms with Crippen LogP contribution in [0.15, 0.2) is 35.5 Å². The summed E-state index contributed by atoms with van der Waals surface area (Å²) in [6.45, 7) is 7.57. The van der Waals surface area contributed by atoms with E-state index < -0.39 is 0 Å². The zero-order valence-electron chi connectivity index (χ0n) is 16.1. The molecule has 3 rings (SSSR count). The summed E-state index contributed by atoms with van der Waals surface area (Å²) in [5, 5.41) is 0. The lowest BCUT2D eigenvalue weighted by Crippen LogP contribution is -2.49. The van der Waals surface area contributed by atoms with Gasteiger partial charge in [0.15, 0.2) is 5.78 Å². The van der Waals surface area contributed by atoms with Crippen LogP contribution in [0.3, 0.4) is 0 Å². The van der Waals surface area contributed by atoms with E-state index in [0.717, 1.165) is 45.4 Å². The van der Waals surface area contributed by atoms with Gasteiger partial charge in [-0.25, -0.2) is 0 Å². The molecule has 4 nitrogen and oxygen atoms in total. The van der Waals surface area contributed by atoms with Gasteiger partial charge in [0.05, 0.1) is 12.4 Å². The number of nitrogens with zero attached hydrogens (tertiary/aromatic N) is 2. The lowest BCUT2D eigenvalue weighted by molar-refractivity contribution is 0.0832. The van der Waals surface area contributed by atoms with Gasteiger partial charge in [0, 0.05) is 36.3 Å². The molecule has 1 aromatic carbocycles. The first-order chi connectivity index (χ1) is 12.7. The SMILES string of the molecule is CCCCCN1CC2=C(C(=O)c3ccccc3C2=O)N(CCCCC)C1. The van der Waals surface area contributed by atoms with Crippen molar-refractivity contribution in [2.75, 3.05) is 26.3 Å². The lowest BCUT2D eigenvalue weighted by Gasteiger charge is -2.41. The summed E-state index contributed by atoms with van der Waals surface area (Å²) >= 11 is 0. The minimum atomic E-state index is 0.0277. The average molecular weight is 354 g/mol. The summed E-state index contributed by atoms with van der Waals surface area (Å²) in [6, 6.07) is 7.27. The molecule has 0 radical (unpaired) electrons. The maximum Gasteiger partial charge on any atom is 0.210 e. The minimum absolute atomic E-state index is 0.0277. The maximum atomic E-state index is 13.1. The highest BCUT2D eigenvalue weighted by Gasteiger charge is 2.38. The molecule has 1 aliphatic carbocycles. The number of fused-ring (bicyclic) bond motifs is 1. The predicted molar refractivity (Wildman–Crippen MR) is 104 cm³/mol. The zero-order valence-corrected chi connectivity index (χ0v) is 16.1. The number of hydrogen-bond donors (Lipinski definition) is 0. The van der Waals surface area contributed by atoms with E-state index in [2.05, 4.69) is 23.6 Å². The fourth-order valence-corrected chi connectivity index (χ4v) is 3.95. The molecule has 1 heterocycles. The molecule has 0 aromatic heterocycles. The molecule has 0 N–H and O–H groups in total. The van der Waals surface area contributed by atoms with E-state index in [0.29, 0.717) is 28.9 Å². The van der Waals surface area contributed by atoms with Crippen molar-refractivity contribution in [2.45, 2.75) is 52.4 Å². The van der Waals surface area contributed by atoms with Crippen molar-refractivity contribution in [3.05, 3.63) is 46.7 Å². The third kappa shape index (κ3) is 3.75. The zero-order chi connectivity index (χ0) is 18.5. The molecule has 0 fully saturated rings. The molecular formula is C22H30N2O2. The van der Waals surface area contributed by atoms with Crippen LogP contribution in [0.2, 0.25) is 0 Å². The smallest absolute Gasteiger partial charge is 0.210 e. The van der Waals surface area contributed by atoms with Gasteiger partial charge in [0.2, 0.25) is 5.78 Å². The minimum Gasteiger partial charge on any atom is -0.355 e. The first-order valence-corrected chi connectivity index (χ1v) is 10.1. The van der Waals surface area contributed by atoms with Crippen molar-refractivity contribution >= 4 is 11.6 Å². The summed E-state index contributed by atoms with van der Waals surface area (Å²) in [4.78, 5) is 30.7. The van der Waals surface area contributed by atoms with E-state index in [-0.39, 0.29) is 11.6 Å². The van der Waals surface area contributed by atoms with E-state index in [9.17, 15) is 9.59 Å². The van der Waals surface area contributed by atoms with Crippen LogP contribution in [-0.2, 0) is 0 Å². The molecule has 1 aliphatic heterocycles. The van der Waals surface area contributed by atoms with Crippen molar-refractivity contribution < 1.29 is 9.59 Å². The number of hydrogen-bond acceptors (Lipinski definition) is 4. The molecule has 4 heteroatoms. The summed E-state index contributed by atoms with van der Waals surface area (Å²) in [5.41, 5.74) is 2.50. The largest absolute Gasteiger partial charge is 0.355 e. The second kappa shape index (κ2) is 8.63. The quantitative estimate of drug-likeness (QED) is 0.654. The first kappa shape index (κ1) is 18.8. The highest BCUT2D eigenvalue weighted by Crippen LogP contribution is 2.32. The summed E-state index contributed by atoms with van der Waals surface area (Å²) in [6.07, 6.45) is 6.88. The number of allylic oxidation sites excluding steroid dienone is 1. The highest BCUT2D eigenvalue weighted by atomic mass is 16.1. The standard InChI is InChI=1S/C22H30N2O2/c1-3-5-9-13-23-15-19-20(24(16-23)14-10-6-4-2)22(26)18-12-8-7-11-17(18)21(19)25/h7-8,11-12H,3-6,9-10,13-16H2,1-2H3. The predicted octanol–water partition coefficient (Wildman–Crippen LogP) is 4.28. The van der Waals surface area contributed by atoms with Crippen molar-refractivity contribution in [3.63, 3.8) is 0 Å². The number of benzene rings is 1. The molecule has 26 heavy (non-hydrogen) atoms. The molecule has 0 amide bonds. The number of carbonyl (C=O) groups excluding carboxylic acids is 2. The Bertz CT molecular complexity index is 708. The third-order valence-corrected chi connectivity index (χ3v) is 5.37. The van der Waals surface area contributed by atoms with Gasteiger partial charge in [-0.1, -0.05) is 63.8 Å². The van der Waals surface area contributed by atoms with E-state index in [1.165, 1.54) is 12.8 Å². The number of carbonyl (C=O) groups is 2. The summed E-state index contributed by atoms with van der Waals surface area (Å²) in [5.74, 6) is 0.0655. The van der Waals surface area contributed by atoms with Crippen LogP contribution in [0.1, 0.15) is 73.1 Å². The Morgan fingerprint density at radius 2 is 1.46 bits per heavy atom.